The Bertz CT molecular complexity index is 527. The van der Waals surface area contributed by atoms with Gasteiger partial charge >= 0.3 is 0 Å². The molecular formula is C26H48O7. The zero-order valence-corrected chi connectivity index (χ0v) is 21.4. The van der Waals surface area contributed by atoms with E-state index in [0.29, 0.717) is 26.4 Å². The monoisotopic (exact) mass is 472 g/mol. The van der Waals surface area contributed by atoms with Gasteiger partial charge in [-0.25, -0.2) is 0 Å². The van der Waals surface area contributed by atoms with Crippen LogP contribution in [0.1, 0.15) is 98.3 Å². The topological polar surface area (TPSA) is 64.6 Å². The largest absolute Gasteiger partial charge is 0.379 e. The Balaban J connectivity index is 1.71. The van der Waals surface area contributed by atoms with E-state index in [9.17, 15) is 0 Å². The highest BCUT2D eigenvalue weighted by molar-refractivity contribution is 4.96. The van der Waals surface area contributed by atoms with Crippen LogP contribution in [0.15, 0.2) is 0 Å². The molecule has 6 atom stereocenters. The average Bonchev–Trinajstić information content (AvgIpc) is 3.14. The van der Waals surface area contributed by atoms with Gasteiger partial charge in [0.05, 0.1) is 12.7 Å². The Kier molecular flexibility index (Phi) is 11.9. The first-order chi connectivity index (χ1) is 16.1. The molecule has 3 rings (SSSR count). The normalized spacial score (nSPS) is 35.1. The van der Waals surface area contributed by atoms with Crippen molar-refractivity contribution < 1.29 is 33.2 Å². The van der Waals surface area contributed by atoms with Gasteiger partial charge in [-0.15, -0.1) is 0 Å². The van der Waals surface area contributed by atoms with Crippen molar-refractivity contribution in [3.8, 4) is 0 Å². The highest BCUT2D eigenvalue weighted by Gasteiger charge is 2.58. The molecule has 0 bridgehead atoms. The summed E-state index contributed by atoms with van der Waals surface area (Å²) in [5, 5.41) is 0. The Hall–Kier alpha value is -0.280. The average molecular weight is 473 g/mol. The molecule has 0 aromatic heterocycles. The summed E-state index contributed by atoms with van der Waals surface area (Å²) >= 11 is 0. The minimum Gasteiger partial charge on any atom is -0.379 e. The van der Waals surface area contributed by atoms with Crippen LogP contribution in [0.4, 0.5) is 0 Å². The van der Waals surface area contributed by atoms with E-state index < -0.39 is 18.4 Å². The van der Waals surface area contributed by atoms with E-state index in [1.165, 1.54) is 19.3 Å². The zero-order valence-electron chi connectivity index (χ0n) is 21.4. The number of fused-ring (bicyclic) bond motifs is 1. The predicted molar refractivity (Wildman–Crippen MR) is 126 cm³/mol. The molecule has 2 saturated heterocycles. The van der Waals surface area contributed by atoms with E-state index in [4.69, 9.17) is 33.2 Å². The Morgan fingerprint density at radius 2 is 1.42 bits per heavy atom. The lowest BCUT2D eigenvalue weighted by atomic mass is 9.98. The highest BCUT2D eigenvalue weighted by Crippen LogP contribution is 2.41. The van der Waals surface area contributed by atoms with Crippen LogP contribution >= 0.6 is 0 Å². The molecule has 0 aromatic carbocycles. The fraction of sp³-hybridized carbons (Fsp3) is 1.00. The summed E-state index contributed by atoms with van der Waals surface area (Å²) in [4.78, 5) is 0. The van der Waals surface area contributed by atoms with Gasteiger partial charge in [-0.3, -0.25) is 4.74 Å². The molecule has 0 radical (unpaired) electrons. The molecule has 0 spiro atoms. The van der Waals surface area contributed by atoms with Gasteiger partial charge in [-0.05, 0) is 32.1 Å². The van der Waals surface area contributed by atoms with Gasteiger partial charge in [0, 0.05) is 26.7 Å². The van der Waals surface area contributed by atoms with Crippen LogP contribution in [0.3, 0.4) is 0 Å². The first-order valence-corrected chi connectivity index (χ1v) is 13.6. The molecular weight excluding hydrogens is 424 g/mol. The van der Waals surface area contributed by atoms with Crippen LogP contribution in [0, 0.1) is 0 Å². The van der Waals surface area contributed by atoms with Crippen molar-refractivity contribution in [2.45, 2.75) is 141 Å². The maximum atomic E-state index is 6.41. The van der Waals surface area contributed by atoms with Gasteiger partial charge in [0.1, 0.15) is 24.4 Å². The summed E-state index contributed by atoms with van der Waals surface area (Å²) in [6.07, 6.45) is 10.4. The van der Waals surface area contributed by atoms with Crippen molar-refractivity contribution in [3.05, 3.63) is 0 Å². The third-order valence-electron chi connectivity index (χ3n) is 6.75. The van der Waals surface area contributed by atoms with Crippen molar-refractivity contribution in [3.63, 3.8) is 0 Å². The number of ether oxygens (including phenoxy) is 7. The van der Waals surface area contributed by atoms with Gasteiger partial charge in [-0.2, -0.15) is 0 Å². The van der Waals surface area contributed by atoms with Gasteiger partial charge in [0.25, 0.3) is 5.97 Å². The number of hydrogen-bond donors (Lipinski definition) is 0. The molecule has 2 heterocycles. The van der Waals surface area contributed by atoms with Crippen LogP contribution in [-0.2, 0) is 33.2 Å². The van der Waals surface area contributed by atoms with Crippen molar-refractivity contribution in [2.24, 2.45) is 0 Å². The smallest absolute Gasteiger partial charge is 0.283 e. The maximum Gasteiger partial charge on any atom is 0.283 e. The molecule has 2 aliphatic heterocycles. The number of hydrogen-bond acceptors (Lipinski definition) is 7. The lowest BCUT2D eigenvalue weighted by Gasteiger charge is -2.42. The van der Waals surface area contributed by atoms with Crippen LogP contribution in [0.2, 0.25) is 0 Å². The summed E-state index contributed by atoms with van der Waals surface area (Å²) in [5.74, 6) is -1.13. The molecule has 0 amide bonds. The minimum absolute atomic E-state index is 0.160. The van der Waals surface area contributed by atoms with Crippen LogP contribution in [-0.4, -0.2) is 69.2 Å². The summed E-state index contributed by atoms with van der Waals surface area (Å²) < 4.78 is 44.1. The van der Waals surface area contributed by atoms with Crippen LogP contribution < -0.4 is 0 Å². The summed E-state index contributed by atoms with van der Waals surface area (Å²) in [7, 11) is 0. The Labute approximate surface area is 201 Å². The van der Waals surface area contributed by atoms with Gasteiger partial charge in [-0.1, -0.05) is 59.3 Å². The Morgan fingerprint density at radius 3 is 2.09 bits per heavy atom. The van der Waals surface area contributed by atoms with E-state index in [0.717, 1.165) is 51.4 Å². The second kappa shape index (κ2) is 14.3. The third-order valence-corrected chi connectivity index (χ3v) is 6.75. The van der Waals surface area contributed by atoms with Crippen molar-refractivity contribution in [1.29, 1.82) is 0 Å². The molecule has 3 aliphatic rings. The minimum atomic E-state index is -1.13. The summed E-state index contributed by atoms with van der Waals surface area (Å²) in [6, 6.07) is 0. The predicted octanol–water partition coefficient (Wildman–Crippen LogP) is 5.34. The lowest BCUT2D eigenvalue weighted by Crippen LogP contribution is -2.59. The molecule has 6 unspecified atom stereocenters. The molecule has 7 heteroatoms. The van der Waals surface area contributed by atoms with Crippen molar-refractivity contribution >= 4 is 0 Å². The van der Waals surface area contributed by atoms with Crippen molar-refractivity contribution in [2.75, 3.05) is 26.4 Å². The molecule has 0 N–H and O–H groups in total. The van der Waals surface area contributed by atoms with E-state index in [1.807, 2.05) is 6.92 Å². The third kappa shape index (κ3) is 8.13. The summed E-state index contributed by atoms with van der Waals surface area (Å²) in [6.45, 7) is 10.9. The van der Waals surface area contributed by atoms with Crippen molar-refractivity contribution in [1.82, 2.24) is 0 Å². The van der Waals surface area contributed by atoms with E-state index >= 15 is 0 Å². The molecule has 1 saturated carbocycles. The Morgan fingerprint density at radius 1 is 0.788 bits per heavy atom. The number of rotatable bonds is 15. The number of unbranched alkanes of at least 4 members (excludes halogenated alkanes) is 3. The van der Waals surface area contributed by atoms with Gasteiger partial charge in [0.2, 0.25) is 0 Å². The van der Waals surface area contributed by atoms with E-state index in [-0.39, 0.29) is 24.4 Å². The molecule has 7 nitrogen and oxygen atoms in total. The van der Waals surface area contributed by atoms with Gasteiger partial charge < -0.3 is 28.4 Å². The van der Waals surface area contributed by atoms with Crippen LogP contribution in [0.25, 0.3) is 0 Å². The maximum absolute atomic E-state index is 6.41. The fourth-order valence-corrected chi connectivity index (χ4v) is 4.82. The zero-order chi connectivity index (χ0) is 23.5. The van der Waals surface area contributed by atoms with Crippen LogP contribution in [0.5, 0.6) is 0 Å². The highest BCUT2D eigenvalue weighted by atomic mass is 16.9. The fourth-order valence-electron chi connectivity index (χ4n) is 4.82. The standard InChI is InChI=1S/C26H48O7/c1-5-8-16-27-19-21-22(28-17-9-6-2)23(29-18-10-7-3)24-25(30-21)33-26(4,32-24)31-20-14-12-11-13-15-20/h20-25H,5-19H2,1-4H3. The molecule has 33 heavy (non-hydrogen) atoms. The quantitative estimate of drug-likeness (QED) is 0.298. The SMILES string of the molecule is CCCCOCC1OC2OC(C)(OC3CCCCC3)OC2C(OCCCC)C1OCCCC. The first-order valence-electron chi connectivity index (χ1n) is 13.6. The molecule has 0 aromatic rings. The second-order valence-corrected chi connectivity index (χ2v) is 9.79. The molecule has 3 fully saturated rings. The second-order valence-electron chi connectivity index (χ2n) is 9.79. The molecule has 1 aliphatic carbocycles. The van der Waals surface area contributed by atoms with E-state index in [1.54, 1.807) is 0 Å². The molecule has 194 valence electrons. The lowest BCUT2D eigenvalue weighted by molar-refractivity contribution is -0.360. The van der Waals surface area contributed by atoms with Gasteiger partial charge in [0.15, 0.2) is 6.29 Å². The van der Waals surface area contributed by atoms with E-state index in [2.05, 4.69) is 20.8 Å². The summed E-state index contributed by atoms with van der Waals surface area (Å²) in [5.41, 5.74) is 0. The first kappa shape index (κ1) is 27.3.